The Kier molecular flexibility index (Phi) is 5.55. The fourth-order valence-electron chi connectivity index (χ4n) is 2.52. The fourth-order valence-corrected chi connectivity index (χ4v) is 2.64. The van der Waals surface area contributed by atoms with Crippen LogP contribution >= 0.6 is 11.6 Å². The summed E-state index contributed by atoms with van der Waals surface area (Å²) in [6, 6.07) is 13.1. The van der Waals surface area contributed by atoms with Gasteiger partial charge in [-0.15, -0.1) is 0 Å². The van der Waals surface area contributed by atoms with Gasteiger partial charge in [-0.05, 0) is 70.0 Å². The highest BCUT2D eigenvalue weighted by Crippen LogP contribution is 2.23. The van der Waals surface area contributed by atoms with Crippen LogP contribution in [0.1, 0.15) is 43.5 Å². The standard InChI is InChI=1S/C20H24ClNO2/c1-13-6-7-14(2)18(12-13)15(3)22-19(23)20(4,5)24-17-10-8-16(21)9-11-17/h6-12,15H,1-5H3,(H,22,23)/t15-/m1/s1. The van der Waals surface area contributed by atoms with Crippen LogP contribution < -0.4 is 10.1 Å². The first-order valence-electron chi connectivity index (χ1n) is 8.02. The Balaban J connectivity index is 2.09. The number of ether oxygens (including phenoxy) is 1. The molecule has 2 aromatic rings. The number of aryl methyl sites for hydroxylation is 2. The average molecular weight is 346 g/mol. The molecule has 0 unspecified atom stereocenters. The average Bonchev–Trinajstić information content (AvgIpc) is 2.51. The molecule has 0 aliphatic rings. The number of amides is 1. The summed E-state index contributed by atoms with van der Waals surface area (Å²) >= 11 is 5.87. The van der Waals surface area contributed by atoms with E-state index in [4.69, 9.17) is 16.3 Å². The van der Waals surface area contributed by atoms with E-state index in [1.165, 1.54) is 5.56 Å². The van der Waals surface area contributed by atoms with E-state index in [0.29, 0.717) is 10.8 Å². The molecule has 1 N–H and O–H groups in total. The second kappa shape index (κ2) is 7.27. The van der Waals surface area contributed by atoms with E-state index >= 15 is 0 Å². The molecule has 0 aromatic heterocycles. The minimum atomic E-state index is -0.986. The van der Waals surface area contributed by atoms with Crippen LogP contribution in [0.15, 0.2) is 42.5 Å². The topological polar surface area (TPSA) is 38.3 Å². The molecule has 0 fully saturated rings. The van der Waals surface area contributed by atoms with E-state index in [2.05, 4.69) is 23.5 Å². The molecule has 1 amide bonds. The summed E-state index contributed by atoms with van der Waals surface area (Å²) < 4.78 is 5.84. The van der Waals surface area contributed by atoms with Crippen molar-refractivity contribution in [1.29, 1.82) is 0 Å². The van der Waals surface area contributed by atoms with Crippen molar-refractivity contribution in [3.8, 4) is 5.75 Å². The molecule has 0 aliphatic carbocycles. The predicted octanol–water partition coefficient (Wildman–Crippen LogP) is 4.99. The first-order valence-corrected chi connectivity index (χ1v) is 8.39. The maximum Gasteiger partial charge on any atom is 0.264 e. The van der Waals surface area contributed by atoms with Crippen LogP contribution in [0.3, 0.4) is 0 Å². The number of nitrogens with one attached hydrogen (secondary N) is 1. The fraction of sp³-hybridized carbons (Fsp3) is 0.350. The van der Waals surface area contributed by atoms with Gasteiger partial charge in [0.2, 0.25) is 0 Å². The van der Waals surface area contributed by atoms with Gasteiger partial charge in [-0.3, -0.25) is 4.79 Å². The van der Waals surface area contributed by atoms with Gasteiger partial charge in [0.05, 0.1) is 6.04 Å². The number of hydrogen-bond acceptors (Lipinski definition) is 2. The van der Waals surface area contributed by atoms with Gasteiger partial charge in [0.15, 0.2) is 5.60 Å². The highest BCUT2D eigenvalue weighted by atomic mass is 35.5. The Morgan fingerprint density at radius 1 is 1.12 bits per heavy atom. The van der Waals surface area contributed by atoms with Gasteiger partial charge in [0.1, 0.15) is 5.75 Å². The molecular weight excluding hydrogens is 322 g/mol. The van der Waals surface area contributed by atoms with E-state index in [0.717, 1.165) is 11.1 Å². The van der Waals surface area contributed by atoms with E-state index in [1.807, 2.05) is 20.8 Å². The first-order chi connectivity index (χ1) is 11.2. The lowest BCUT2D eigenvalue weighted by molar-refractivity contribution is -0.134. The molecule has 0 saturated carbocycles. The first kappa shape index (κ1) is 18.3. The van der Waals surface area contributed by atoms with Gasteiger partial charge in [-0.25, -0.2) is 0 Å². The molecule has 0 saturated heterocycles. The molecule has 3 nitrogen and oxygen atoms in total. The molecule has 0 radical (unpaired) electrons. The monoisotopic (exact) mass is 345 g/mol. The zero-order chi connectivity index (χ0) is 17.9. The van der Waals surface area contributed by atoms with Crippen LogP contribution in [0, 0.1) is 13.8 Å². The molecule has 128 valence electrons. The maximum atomic E-state index is 12.7. The Morgan fingerprint density at radius 3 is 2.38 bits per heavy atom. The molecule has 1 atom stereocenters. The second-order valence-electron chi connectivity index (χ2n) is 6.62. The third-order valence-electron chi connectivity index (χ3n) is 3.98. The molecule has 24 heavy (non-hydrogen) atoms. The third kappa shape index (κ3) is 4.51. The van der Waals surface area contributed by atoms with Gasteiger partial charge in [-0.2, -0.15) is 0 Å². The predicted molar refractivity (Wildman–Crippen MR) is 98.6 cm³/mol. The van der Waals surface area contributed by atoms with Crippen LogP contribution in [-0.2, 0) is 4.79 Å². The lowest BCUT2D eigenvalue weighted by Gasteiger charge is -2.28. The number of halogens is 1. The molecule has 0 aliphatic heterocycles. The van der Waals surface area contributed by atoms with Crippen molar-refractivity contribution in [1.82, 2.24) is 5.32 Å². The third-order valence-corrected chi connectivity index (χ3v) is 4.23. The summed E-state index contributed by atoms with van der Waals surface area (Å²) in [7, 11) is 0. The summed E-state index contributed by atoms with van der Waals surface area (Å²) in [6.45, 7) is 9.59. The van der Waals surface area contributed by atoms with Crippen molar-refractivity contribution in [2.24, 2.45) is 0 Å². The lowest BCUT2D eigenvalue weighted by Crippen LogP contribution is -2.47. The van der Waals surface area contributed by atoms with Gasteiger partial charge in [-0.1, -0.05) is 35.4 Å². The number of benzene rings is 2. The van der Waals surface area contributed by atoms with Crippen molar-refractivity contribution >= 4 is 17.5 Å². The lowest BCUT2D eigenvalue weighted by atomic mass is 9.99. The van der Waals surface area contributed by atoms with Gasteiger partial charge in [0, 0.05) is 5.02 Å². The highest BCUT2D eigenvalue weighted by Gasteiger charge is 2.31. The number of carbonyl (C=O) groups is 1. The zero-order valence-electron chi connectivity index (χ0n) is 14.8. The Labute approximate surface area is 149 Å². The van der Waals surface area contributed by atoms with Crippen LogP contribution in [0.5, 0.6) is 5.75 Å². The second-order valence-corrected chi connectivity index (χ2v) is 7.06. The summed E-state index contributed by atoms with van der Waals surface area (Å²) in [5, 5.41) is 3.68. The van der Waals surface area contributed by atoms with Crippen LogP contribution in [0.2, 0.25) is 5.02 Å². The minimum Gasteiger partial charge on any atom is -0.478 e. The Morgan fingerprint density at radius 2 is 1.75 bits per heavy atom. The normalized spacial score (nSPS) is 12.6. The van der Waals surface area contributed by atoms with E-state index in [1.54, 1.807) is 38.1 Å². The molecular formula is C20H24ClNO2. The summed E-state index contributed by atoms with van der Waals surface area (Å²) in [4.78, 5) is 12.7. The van der Waals surface area contributed by atoms with Crippen LogP contribution in [-0.4, -0.2) is 11.5 Å². The van der Waals surface area contributed by atoms with Crippen LogP contribution in [0.25, 0.3) is 0 Å². The van der Waals surface area contributed by atoms with Crippen molar-refractivity contribution in [3.63, 3.8) is 0 Å². The molecule has 0 bridgehead atoms. The molecule has 0 spiro atoms. The van der Waals surface area contributed by atoms with Gasteiger partial charge >= 0.3 is 0 Å². The number of hydrogen-bond donors (Lipinski definition) is 1. The molecule has 4 heteroatoms. The Bertz CT molecular complexity index is 723. The van der Waals surface area contributed by atoms with E-state index < -0.39 is 5.60 Å². The quantitative estimate of drug-likeness (QED) is 0.828. The van der Waals surface area contributed by atoms with Gasteiger partial charge < -0.3 is 10.1 Å². The minimum absolute atomic E-state index is 0.0921. The van der Waals surface area contributed by atoms with Gasteiger partial charge in [0.25, 0.3) is 5.91 Å². The summed E-state index contributed by atoms with van der Waals surface area (Å²) in [5.41, 5.74) is 2.46. The molecule has 2 aromatic carbocycles. The van der Waals surface area contributed by atoms with E-state index in [9.17, 15) is 4.79 Å². The van der Waals surface area contributed by atoms with Crippen LogP contribution in [0.4, 0.5) is 0 Å². The van der Waals surface area contributed by atoms with Crippen molar-refractivity contribution < 1.29 is 9.53 Å². The Hall–Kier alpha value is -2.00. The zero-order valence-corrected chi connectivity index (χ0v) is 15.6. The summed E-state index contributed by atoms with van der Waals surface area (Å²) in [6.07, 6.45) is 0. The molecule has 0 heterocycles. The maximum absolute atomic E-state index is 12.7. The SMILES string of the molecule is Cc1ccc(C)c([C@@H](C)NC(=O)C(C)(C)Oc2ccc(Cl)cc2)c1. The van der Waals surface area contributed by atoms with Crippen molar-refractivity contribution in [2.45, 2.75) is 46.3 Å². The number of rotatable bonds is 5. The molecule has 2 rings (SSSR count). The highest BCUT2D eigenvalue weighted by molar-refractivity contribution is 6.30. The summed E-state index contributed by atoms with van der Waals surface area (Å²) in [5.74, 6) is 0.449. The van der Waals surface area contributed by atoms with E-state index in [-0.39, 0.29) is 11.9 Å². The smallest absolute Gasteiger partial charge is 0.264 e. The number of carbonyl (C=O) groups excluding carboxylic acids is 1. The van der Waals surface area contributed by atoms with Crippen molar-refractivity contribution in [3.05, 3.63) is 64.2 Å². The van der Waals surface area contributed by atoms with Crippen molar-refractivity contribution in [2.75, 3.05) is 0 Å². The largest absolute Gasteiger partial charge is 0.478 e.